The van der Waals surface area contributed by atoms with Crippen molar-refractivity contribution in [3.8, 4) is 0 Å². The average molecular weight is 366 g/mol. The summed E-state index contributed by atoms with van der Waals surface area (Å²) >= 11 is 0. The van der Waals surface area contributed by atoms with Gasteiger partial charge in [-0.15, -0.1) is 0 Å². The first kappa shape index (κ1) is 17.6. The highest BCUT2D eigenvalue weighted by molar-refractivity contribution is 7.81. The van der Waals surface area contributed by atoms with Crippen molar-refractivity contribution in [2.75, 3.05) is 0 Å². The highest BCUT2D eigenvalue weighted by Crippen LogP contribution is 2.56. The van der Waals surface area contributed by atoms with Gasteiger partial charge in [-0.05, 0) is 26.2 Å². The van der Waals surface area contributed by atoms with Crippen molar-refractivity contribution >= 4 is 17.8 Å². The van der Waals surface area contributed by atoms with Gasteiger partial charge in [0, 0.05) is 21.8 Å². The van der Waals surface area contributed by atoms with Crippen molar-refractivity contribution in [3.63, 3.8) is 0 Å². The van der Waals surface area contributed by atoms with E-state index in [2.05, 4.69) is 6.92 Å². The first-order chi connectivity index (χ1) is 12.6. The van der Waals surface area contributed by atoms with Gasteiger partial charge in [0.15, 0.2) is 7.14 Å². The van der Waals surface area contributed by atoms with Crippen molar-refractivity contribution in [3.05, 3.63) is 72.2 Å². The van der Waals surface area contributed by atoms with Crippen LogP contribution in [-0.2, 0) is 9.30 Å². The molecular weight excluding hydrogens is 339 g/mol. The number of allylic oxidation sites excluding steroid dienone is 1. The minimum absolute atomic E-state index is 0.0941. The van der Waals surface area contributed by atoms with Crippen LogP contribution in [0.25, 0.3) is 0 Å². The minimum atomic E-state index is -2.88. The van der Waals surface area contributed by atoms with E-state index in [-0.39, 0.29) is 11.5 Å². The number of hydrogen-bond donors (Lipinski definition) is 0. The zero-order valence-electron chi connectivity index (χ0n) is 15.4. The lowest BCUT2D eigenvalue weighted by molar-refractivity contribution is 0.168. The Morgan fingerprint density at radius 1 is 0.923 bits per heavy atom. The van der Waals surface area contributed by atoms with Gasteiger partial charge in [-0.3, -0.25) is 0 Å². The van der Waals surface area contributed by atoms with Gasteiger partial charge in [0.1, 0.15) is 5.76 Å². The normalized spacial score (nSPS) is 23.9. The monoisotopic (exact) mass is 366 g/mol. The molecule has 1 saturated heterocycles. The van der Waals surface area contributed by atoms with Crippen LogP contribution in [0.15, 0.2) is 72.2 Å². The third-order valence-corrected chi connectivity index (χ3v) is 8.65. The molecule has 26 heavy (non-hydrogen) atoms. The largest absolute Gasteiger partial charge is 0.494 e. The summed E-state index contributed by atoms with van der Waals surface area (Å²) in [6.07, 6.45) is 7.38. The van der Waals surface area contributed by atoms with Crippen LogP contribution in [0.1, 0.15) is 45.4 Å². The van der Waals surface area contributed by atoms with Crippen molar-refractivity contribution in [2.45, 2.75) is 51.6 Å². The van der Waals surface area contributed by atoms with Gasteiger partial charge in [-0.2, -0.15) is 0 Å². The van der Waals surface area contributed by atoms with E-state index in [4.69, 9.17) is 4.74 Å². The predicted octanol–water partition coefficient (Wildman–Crippen LogP) is 5.60. The number of rotatable bonds is 3. The molecule has 2 fully saturated rings. The fraction of sp³-hybridized carbons (Fsp3) is 0.391. The zero-order valence-corrected chi connectivity index (χ0v) is 16.3. The van der Waals surface area contributed by atoms with Crippen LogP contribution in [-0.4, -0.2) is 6.10 Å². The Morgan fingerprint density at radius 2 is 1.46 bits per heavy atom. The smallest absolute Gasteiger partial charge is 0.167 e. The van der Waals surface area contributed by atoms with E-state index in [1.165, 1.54) is 19.3 Å². The van der Waals surface area contributed by atoms with Crippen LogP contribution >= 0.6 is 7.14 Å². The Labute approximate surface area is 156 Å². The Morgan fingerprint density at radius 3 is 2.00 bits per heavy atom. The van der Waals surface area contributed by atoms with Crippen molar-refractivity contribution < 1.29 is 9.30 Å². The zero-order chi connectivity index (χ0) is 18.0. The molecule has 0 amide bonds. The fourth-order valence-electron chi connectivity index (χ4n) is 4.64. The topological polar surface area (TPSA) is 26.3 Å². The van der Waals surface area contributed by atoms with Gasteiger partial charge in [0.05, 0.1) is 6.10 Å². The molecule has 0 aromatic heterocycles. The molecule has 1 unspecified atom stereocenters. The van der Waals surface area contributed by atoms with Gasteiger partial charge in [-0.25, -0.2) is 0 Å². The Kier molecular flexibility index (Phi) is 4.80. The molecular formula is C23H27O2P. The van der Waals surface area contributed by atoms with Crippen LogP contribution in [0.5, 0.6) is 0 Å². The lowest BCUT2D eigenvalue weighted by Crippen LogP contribution is -2.24. The quantitative estimate of drug-likeness (QED) is 0.661. The first-order valence-corrected chi connectivity index (χ1v) is 11.5. The molecule has 1 heterocycles. The van der Waals surface area contributed by atoms with Gasteiger partial charge in [0.2, 0.25) is 0 Å². The molecule has 4 rings (SSSR count). The summed E-state index contributed by atoms with van der Waals surface area (Å²) in [6.45, 7) is 2.15. The van der Waals surface area contributed by atoms with E-state index in [0.29, 0.717) is 0 Å². The Balaban J connectivity index is 1.85. The molecule has 0 N–H and O–H groups in total. The van der Waals surface area contributed by atoms with E-state index < -0.39 is 7.14 Å². The maximum atomic E-state index is 14.3. The summed E-state index contributed by atoms with van der Waals surface area (Å²) in [5.41, 5.74) is 0.0941. The molecule has 2 aromatic carbocycles. The molecule has 2 aromatic rings. The van der Waals surface area contributed by atoms with E-state index in [1.807, 2.05) is 66.5 Å². The molecule has 2 aliphatic rings. The van der Waals surface area contributed by atoms with Crippen LogP contribution in [0.3, 0.4) is 0 Å². The van der Waals surface area contributed by atoms with Crippen LogP contribution in [0.2, 0.25) is 0 Å². The molecule has 1 spiro atoms. The molecule has 1 saturated carbocycles. The lowest BCUT2D eigenvalue weighted by atomic mass is 9.71. The third kappa shape index (κ3) is 3.16. The van der Waals surface area contributed by atoms with Crippen molar-refractivity contribution in [1.82, 2.24) is 0 Å². The van der Waals surface area contributed by atoms with Gasteiger partial charge >= 0.3 is 0 Å². The molecule has 0 radical (unpaired) electrons. The summed E-state index contributed by atoms with van der Waals surface area (Å²) < 4.78 is 20.6. The van der Waals surface area contributed by atoms with Crippen molar-refractivity contribution in [1.29, 1.82) is 0 Å². The fourth-order valence-corrected chi connectivity index (χ4v) is 7.13. The van der Waals surface area contributed by atoms with Crippen molar-refractivity contribution in [2.24, 2.45) is 5.41 Å². The maximum Gasteiger partial charge on any atom is 0.167 e. The SMILES string of the molecule is CC1CC2(CCCCC2)/C(=C/P(=O)(c2ccccc2)c2ccccc2)O1. The average Bonchev–Trinajstić information content (AvgIpc) is 2.97. The van der Waals surface area contributed by atoms with Crippen LogP contribution in [0, 0.1) is 5.41 Å². The molecule has 0 bridgehead atoms. The molecule has 2 nitrogen and oxygen atoms in total. The first-order valence-electron chi connectivity index (χ1n) is 9.73. The van der Waals surface area contributed by atoms with Crippen LogP contribution in [0.4, 0.5) is 0 Å². The van der Waals surface area contributed by atoms with E-state index in [9.17, 15) is 4.57 Å². The minimum Gasteiger partial charge on any atom is -0.494 e. The lowest BCUT2D eigenvalue weighted by Gasteiger charge is -2.33. The number of hydrogen-bond acceptors (Lipinski definition) is 2. The molecule has 1 aliphatic heterocycles. The van der Waals surface area contributed by atoms with E-state index in [0.717, 1.165) is 35.6 Å². The Bertz CT molecular complexity index is 776. The second-order valence-electron chi connectivity index (χ2n) is 7.80. The second kappa shape index (κ2) is 7.08. The summed E-state index contributed by atoms with van der Waals surface area (Å²) in [6, 6.07) is 19.8. The van der Waals surface area contributed by atoms with Gasteiger partial charge in [-0.1, -0.05) is 79.9 Å². The third-order valence-electron chi connectivity index (χ3n) is 5.92. The predicted molar refractivity (Wildman–Crippen MR) is 109 cm³/mol. The summed E-state index contributed by atoms with van der Waals surface area (Å²) in [5.74, 6) is 2.99. The summed E-state index contributed by atoms with van der Waals surface area (Å²) in [5, 5.41) is 1.76. The van der Waals surface area contributed by atoms with E-state index in [1.54, 1.807) is 0 Å². The molecule has 136 valence electrons. The molecule has 1 atom stereocenters. The van der Waals surface area contributed by atoms with Gasteiger partial charge in [0.25, 0.3) is 0 Å². The van der Waals surface area contributed by atoms with Crippen LogP contribution < -0.4 is 10.6 Å². The number of ether oxygens (including phenoxy) is 1. The highest BCUT2D eigenvalue weighted by atomic mass is 31.2. The maximum absolute atomic E-state index is 14.3. The highest BCUT2D eigenvalue weighted by Gasteiger charge is 2.45. The molecule has 1 aliphatic carbocycles. The Hall–Kier alpha value is -1.79. The standard InChI is InChI=1S/C23H27O2P/c1-19-17-23(15-9-4-10-16-23)22(25-19)18-26(24,20-11-5-2-6-12-20)21-13-7-3-8-14-21/h2-3,5-8,11-14,18-19H,4,9-10,15-17H2,1H3/b22-18-. The number of benzene rings is 2. The molecule has 3 heteroatoms. The second-order valence-corrected chi connectivity index (χ2v) is 10.4. The van der Waals surface area contributed by atoms with E-state index >= 15 is 0 Å². The summed E-state index contributed by atoms with van der Waals surface area (Å²) in [4.78, 5) is 0. The van der Waals surface area contributed by atoms with Gasteiger partial charge < -0.3 is 9.30 Å². The summed E-state index contributed by atoms with van der Waals surface area (Å²) in [7, 11) is -2.88.